The van der Waals surface area contributed by atoms with Gasteiger partial charge in [0.05, 0.1) is 17.6 Å². The molecule has 2 aliphatic carbocycles. The van der Waals surface area contributed by atoms with E-state index in [9.17, 15) is 0 Å². The van der Waals surface area contributed by atoms with E-state index in [1.54, 1.807) is 0 Å². The Hall–Kier alpha value is 0.150. The molecule has 2 saturated carbocycles. The van der Waals surface area contributed by atoms with Gasteiger partial charge >= 0.3 is 0 Å². The maximum atomic E-state index is 5.80. The fourth-order valence-electron chi connectivity index (χ4n) is 6.27. The molecule has 142 valence electrons. The van der Waals surface area contributed by atoms with E-state index in [0.29, 0.717) is 29.1 Å². The van der Waals surface area contributed by atoms with Crippen molar-refractivity contribution in [2.75, 3.05) is 6.61 Å². The molecule has 0 aromatic heterocycles. The van der Waals surface area contributed by atoms with E-state index in [4.69, 9.17) is 4.74 Å². The van der Waals surface area contributed by atoms with E-state index >= 15 is 0 Å². The van der Waals surface area contributed by atoms with Gasteiger partial charge in [0.15, 0.2) is 0 Å². The minimum atomic E-state index is 0.352. The number of hydrogen-bond acceptors (Lipinski definition) is 6. The highest BCUT2D eigenvalue weighted by Crippen LogP contribution is 2.47. The zero-order valence-electron chi connectivity index (χ0n) is 15.5. The molecule has 3 heterocycles. The van der Waals surface area contributed by atoms with Crippen molar-refractivity contribution in [2.24, 2.45) is 23.7 Å². The van der Waals surface area contributed by atoms with Gasteiger partial charge in [-0.05, 0) is 43.9 Å². The van der Waals surface area contributed by atoms with Gasteiger partial charge in [0.1, 0.15) is 5.50 Å². The van der Waals surface area contributed by atoms with Gasteiger partial charge in [-0.25, -0.2) is 16.3 Å². The van der Waals surface area contributed by atoms with Crippen LogP contribution in [-0.4, -0.2) is 34.8 Å². The van der Waals surface area contributed by atoms with Crippen molar-refractivity contribution >= 4 is 11.8 Å². The zero-order valence-corrected chi connectivity index (χ0v) is 16.3. The first-order chi connectivity index (χ1) is 12.3. The maximum absolute atomic E-state index is 5.80. The summed E-state index contributed by atoms with van der Waals surface area (Å²) in [6, 6.07) is 0. The minimum Gasteiger partial charge on any atom is -0.378 e. The topological polar surface area (TPSA) is 48.6 Å². The summed E-state index contributed by atoms with van der Waals surface area (Å²) in [4.78, 5) is 0. The monoisotopic (exact) mass is 366 g/mol. The molecule has 25 heavy (non-hydrogen) atoms. The van der Waals surface area contributed by atoms with E-state index < -0.39 is 0 Å². The first-order valence-corrected chi connectivity index (χ1v) is 11.6. The van der Waals surface area contributed by atoms with Gasteiger partial charge in [0.25, 0.3) is 0 Å². The molecule has 5 rings (SSSR count). The molecule has 8 unspecified atom stereocenters. The van der Waals surface area contributed by atoms with Gasteiger partial charge in [0, 0.05) is 12.5 Å². The van der Waals surface area contributed by atoms with Crippen molar-refractivity contribution < 1.29 is 4.74 Å². The third kappa shape index (κ3) is 3.27. The normalized spacial score (nSPS) is 50.8. The van der Waals surface area contributed by atoms with Gasteiger partial charge in [-0.15, -0.1) is 11.8 Å². The Morgan fingerprint density at radius 2 is 1.88 bits per heavy atom. The van der Waals surface area contributed by atoms with Crippen molar-refractivity contribution in [3.8, 4) is 0 Å². The summed E-state index contributed by atoms with van der Waals surface area (Å²) < 4.78 is 5.80. The van der Waals surface area contributed by atoms with Crippen molar-refractivity contribution in [3.05, 3.63) is 0 Å². The Bertz CT molecular complexity index is 478. The molecule has 3 aliphatic heterocycles. The predicted octanol–water partition coefficient (Wildman–Crippen LogP) is 3.01. The lowest BCUT2D eigenvalue weighted by Gasteiger charge is -2.42. The van der Waals surface area contributed by atoms with Crippen LogP contribution in [0.3, 0.4) is 0 Å². The van der Waals surface area contributed by atoms with Crippen LogP contribution in [0, 0.1) is 23.7 Å². The van der Waals surface area contributed by atoms with Gasteiger partial charge in [0.2, 0.25) is 0 Å². The minimum absolute atomic E-state index is 0.352. The second-order valence-electron chi connectivity index (χ2n) is 8.91. The fraction of sp³-hybridized carbons (Fsp3) is 1.00. The molecule has 5 nitrogen and oxygen atoms in total. The van der Waals surface area contributed by atoms with E-state index in [1.165, 1.54) is 51.4 Å². The molecule has 8 atom stereocenters. The van der Waals surface area contributed by atoms with Crippen LogP contribution in [0.15, 0.2) is 0 Å². The number of ether oxygens (including phenoxy) is 1. The molecule has 0 aromatic rings. The standard InChI is InChI=1S/C19H34N4OS/c1-12-15(9-10-24-12)18-20-21-19-23(18)22-17(25-19)11-14-7-4-6-13-5-2-3-8-16(13)14/h12-22H,2-11H2,1H3. The fourth-order valence-corrected chi connectivity index (χ4v) is 7.58. The number of hydrazine groups is 2. The molecular formula is C19H34N4OS. The second-order valence-corrected chi connectivity index (χ2v) is 10.2. The van der Waals surface area contributed by atoms with Crippen molar-refractivity contribution in [3.63, 3.8) is 0 Å². The number of hydrogen-bond donors (Lipinski definition) is 3. The molecule has 6 heteroatoms. The first kappa shape index (κ1) is 17.3. The van der Waals surface area contributed by atoms with E-state index in [2.05, 4.69) is 40.0 Å². The molecule has 0 aromatic carbocycles. The number of nitrogens with zero attached hydrogens (tertiary/aromatic N) is 1. The zero-order chi connectivity index (χ0) is 16.8. The lowest BCUT2D eigenvalue weighted by molar-refractivity contribution is 0.0468. The highest BCUT2D eigenvalue weighted by Gasteiger charge is 2.48. The van der Waals surface area contributed by atoms with E-state index in [-0.39, 0.29) is 0 Å². The largest absolute Gasteiger partial charge is 0.378 e. The average Bonchev–Trinajstić information content (AvgIpc) is 3.31. The maximum Gasteiger partial charge on any atom is 0.136 e. The summed E-state index contributed by atoms with van der Waals surface area (Å²) >= 11 is 2.08. The van der Waals surface area contributed by atoms with Crippen molar-refractivity contribution in [2.45, 2.75) is 87.9 Å². The molecule has 3 N–H and O–H groups in total. The van der Waals surface area contributed by atoms with Crippen LogP contribution in [0.1, 0.15) is 64.7 Å². The third-order valence-corrected chi connectivity index (χ3v) is 8.80. The molecule has 5 fully saturated rings. The van der Waals surface area contributed by atoms with Crippen molar-refractivity contribution in [1.29, 1.82) is 0 Å². The van der Waals surface area contributed by atoms with Crippen LogP contribution in [0.25, 0.3) is 0 Å². The molecule has 0 radical (unpaired) electrons. The van der Waals surface area contributed by atoms with Gasteiger partial charge in [-0.1, -0.05) is 38.5 Å². The number of thioether (sulfide) groups is 1. The van der Waals surface area contributed by atoms with Crippen LogP contribution in [0.2, 0.25) is 0 Å². The van der Waals surface area contributed by atoms with Crippen LogP contribution in [0.4, 0.5) is 0 Å². The molecule has 0 bridgehead atoms. The molecule has 3 saturated heterocycles. The number of rotatable bonds is 3. The summed E-state index contributed by atoms with van der Waals surface area (Å²) in [5.74, 6) is 3.58. The SMILES string of the molecule is CC1OCCC1C1NNC2SC(CC3CCCC4CCCCC43)NN21. The van der Waals surface area contributed by atoms with Gasteiger partial charge in [-0.3, -0.25) is 0 Å². The molecule has 5 aliphatic rings. The second kappa shape index (κ2) is 7.28. The van der Waals surface area contributed by atoms with Crippen LogP contribution in [0.5, 0.6) is 0 Å². The Balaban J connectivity index is 1.21. The summed E-state index contributed by atoms with van der Waals surface area (Å²) in [6.07, 6.45) is 13.6. The Labute approximate surface area is 156 Å². The lowest BCUT2D eigenvalue weighted by atomic mass is 9.65. The predicted molar refractivity (Wildman–Crippen MR) is 101 cm³/mol. The van der Waals surface area contributed by atoms with Crippen LogP contribution >= 0.6 is 11.8 Å². The molecule has 0 spiro atoms. The number of fused-ring (bicyclic) bond motifs is 2. The number of nitrogens with one attached hydrogen (secondary N) is 3. The smallest absolute Gasteiger partial charge is 0.136 e. The van der Waals surface area contributed by atoms with Crippen LogP contribution < -0.4 is 16.3 Å². The first-order valence-electron chi connectivity index (χ1n) is 10.6. The average molecular weight is 367 g/mol. The third-order valence-electron chi connectivity index (χ3n) is 7.57. The van der Waals surface area contributed by atoms with E-state index in [1.807, 2.05) is 0 Å². The summed E-state index contributed by atoms with van der Waals surface area (Å²) in [5.41, 5.74) is 11.3. The van der Waals surface area contributed by atoms with Gasteiger partial charge < -0.3 is 4.74 Å². The highest BCUT2D eigenvalue weighted by molar-refractivity contribution is 8.00. The Kier molecular flexibility index (Phi) is 5.03. The molecular weight excluding hydrogens is 332 g/mol. The highest BCUT2D eigenvalue weighted by atomic mass is 32.2. The summed E-state index contributed by atoms with van der Waals surface area (Å²) in [7, 11) is 0. The van der Waals surface area contributed by atoms with Crippen molar-refractivity contribution in [1.82, 2.24) is 21.3 Å². The van der Waals surface area contributed by atoms with Crippen LogP contribution in [-0.2, 0) is 4.74 Å². The van der Waals surface area contributed by atoms with Gasteiger partial charge in [-0.2, -0.15) is 5.01 Å². The lowest BCUT2D eigenvalue weighted by Crippen LogP contribution is -2.51. The molecule has 0 amide bonds. The summed E-state index contributed by atoms with van der Waals surface area (Å²) in [5, 5.41) is 3.03. The quantitative estimate of drug-likeness (QED) is 0.714. The summed E-state index contributed by atoms with van der Waals surface area (Å²) in [6.45, 7) is 3.13. The van der Waals surface area contributed by atoms with E-state index in [0.717, 1.165) is 30.8 Å². The Morgan fingerprint density at radius 1 is 1.00 bits per heavy atom. The Morgan fingerprint density at radius 3 is 2.76 bits per heavy atom.